The van der Waals surface area contributed by atoms with Crippen molar-refractivity contribution in [3.63, 3.8) is 0 Å². The van der Waals surface area contributed by atoms with E-state index in [1.54, 1.807) is 6.92 Å². The Balaban J connectivity index is 2.86. The summed E-state index contributed by atoms with van der Waals surface area (Å²) in [6.45, 7) is 2.03. The maximum absolute atomic E-state index is 13.1. The number of esters is 1. The quantitative estimate of drug-likeness (QED) is 0.680. The second-order valence-electron chi connectivity index (χ2n) is 2.95. The first-order valence-corrected chi connectivity index (χ1v) is 5.23. The summed E-state index contributed by atoms with van der Waals surface area (Å²) in [7, 11) is 0. The molecular weight excluding hydrogens is 265 g/mol. The molecule has 82 valence electrons. The summed E-state index contributed by atoms with van der Waals surface area (Å²) in [4.78, 5) is 11.2. The minimum absolute atomic E-state index is 0.0334. The van der Waals surface area contributed by atoms with Crippen LogP contribution in [0.1, 0.15) is 12.5 Å². The molecule has 1 aromatic rings. The zero-order valence-electron chi connectivity index (χ0n) is 8.22. The molecule has 0 aliphatic carbocycles. The number of ether oxygens (including phenoxy) is 1. The van der Waals surface area contributed by atoms with Crippen LogP contribution >= 0.6 is 15.9 Å². The van der Waals surface area contributed by atoms with Gasteiger partial charge in [0.1, 0.15) is 5.82 Å². The van der Waals surface area contributed by atoms with E-state index in [1.165, 1.54) is 12.1 Å². The lowest BCUT2D eigenvalue weighted by Crippen LogP contribution is -2.08. The summed E-state index contributed by atoms with van der Waals surface area (Å²) < 4.78 is 18.5. The minimum atomic E-state index is -0.530. The second kappa shape index (κ2) is 5.11. The second-order valence-corrected chi connectivity index (χ2v) is 3.80. The van der Waals surface area contributed by atoms with Gasteiger partial charge in [-0.15, -0.1) is 0 Å². The van der Waals surface area contributed by atoms with Crippen molar-refractivity contribution in [1.29, 1.82) is 0 Å². The summed E-state index contributed by atoms with van der Waals surface area (Å²) in [6.07, 6.45) is 0.0334. The molecule has 0 spiro atoms. The van der Waals surface area contributed by atoms with Gasteiger partial charge in [-0.2, -0.15) is 0 Å². The van der Waals surface area contributed by atoms with Crippen LogP contribution in [0.4, 0.5) is 10.1 Å². The number of carbonyl (C=O) groups excluding carboxylic acids is 1. The smallest absolute Gasteiger partial charge is 0.310 e. The fourth-order valence-corrected chi connectivity index (χ4v) is 1.61. The molecular formula is C10H11BrFNO2. The lowest BCUT2D eigenvalue weighted by Gasteiger charge is -2.06. The van der Waals surface area contributed by atoms with Crippen molar-refractivity contribution in [3.05, 3.63) is 28.0 Å². The highest BCUT2D eigenvalue weighted by Gasteiger charge is 2.10. The zero-order chi connectivity index (χ0) is 11.4. The van der Waals surface area contributed by atoms with E-state index in [0.717, 1.165) is 0 Å². The van der Waals surface area contributed by atoms with E-state index < -0.39 is 5.82 Å². The van der Waals surface area contributed by atoms with Gasteiger partial charge in [0.25, 0.3) is 0 Å². The third-order valence-corrected chi connectivity index (χ3v) is 2.54. The molecule has 2 N–H and O–H groups in total. The normalized spacial score (nSPS) is 10.1. The van der Waals surface area contributed by atoms with E-state index >= 15 is 0 Å². The van der Waals surface area contributed by atoms with Gasteiger partial charge in [0.15, 0.2) is 0 Å². The molecule has 0 radical (unpaired) electrons. The number of hydrogen-bond acceptors (Lipinski definition) is 3. The van der Waals surface area contributed by atoms with E-state index in [2.05, 4.69) is 15.9 Å². The number of hydrogen-bond donors (Lipinski definition) is 1. The maximum Gasteiger partial charge on any atom is 0.310 e. The number of carbonyl (C=O) groups is 1. The van der Waals surface area contributed by atoms with Crippen LogP contribution in [-0.2, 0) is 16.0 Å². The topological polar surface area (TPSA) is 52.3 Å². The summed E-state index contributed by atoms with van der Waals surface area (Å²) >= 11 is 3.21. The van der Waals surface area contributed by atoms with Gasteiger partial charge in [-0.25, -0.2) is 4.39 Å². The fraction of sp³-hybridized carbons (Fsp3) is 0.300. The highest BCUT2D eigenvalue weighted by Crippen LogP contribution is 2.23. The maximum atomic E-state index is 13.1. The Labute approximate surface area is 95.5 Å². The molecule has 5 heteroatoms. The molecule has 0 unspecified atom stereocenters. The van der Waals surface area contributed by atoms with E-state index in [1.807, 2.05) is 0 Å². The lowest BCUT2D eigenvalue weighted by molar-refractivity contribution is -0.142. The summed E-state index contributed by atoms with van der Waals surface area (Å²) in [5, 5.41) is 0. The Morgan fingerprint density at radius 2 is 2.27 bits per heavy atom. The SMILES string of the molecule is CCOC(=O)Cc1cc(F)c(N)cc1Br. The standard InChI is InChI=1S/C10H11BrFNO2/c1-2-15-10(14)4-6-3-8(12)9(13)5-7(6)11/h3,5H,2,4,13H2,1H3. The van der Waals surface area contributed by atoms with Crippen LogP contribution < -0.4 is 5.73 Å². The molecule has 0 atom stereocenters. The Morgan fingerprint density at radius 3 is 2.87 bits per heavy atom. The lowest BCUT2D eigenvalue weighted by atomic mass is 10.1. The number of nitrogen functional groups attached to an aromatic ring is 1. The first-order chi connectivity index (χ1) is 7.04. The molecule has 0 aromatic heterocycles. The van der Waals surface area contributed by atoms with E-state index in [4.69, 9.17) is 10.5 Å². The highest BCUT2D eigenvalue weighted by atomic mass is 79.9. The van der Waals surface area contributed by atoms with Crippen LogP contribution in [0.25, 0.3) is 0 Å². The van der Waals surface area contributed by atoms with Gasteiger partial charge < -0.3 is 10.5 Å². The van der Waals surface area contributed by atoms with Gasteiger partial charge in [0.2, 0.25) is 0 Å². The van der Waals surface area contributed by atoms with Crippen LogP contribution in [0.15, 0.2) is 16.6 Å². The van der Waals surface area contributed by atoms with Crippen molar-refractivity contribution < 1.29 is 13.9 Å². The van der Waals surface area contributed by atoms with Crippen molar-refractivity contribution in [2.75, 3.05) is 12.3 Å². The number of benzene rings is 1. The van der Waals surface area contributed by atoms with Crippen LogP contribution in [0, 0.1) is 5.82 Å². The zero-order valence-corrected chi connectivity index (χ0v) is 9.80. The predicted molar refractivity (Wildman–Crippen MR) is 58.8 cm³/mol. The van der Waals surface area contributed by atoms with E-state index in [-0.39, 0.29) is 18.1 Å². The predicted octanol–water partition coefficient (Wildman–Crippen LogP) is 2.28. The third kappa shape index (κ3) is 3.20. The Bertz CT molecular complexity index is 382. The number of rotatable bonds is 3. The molecule has 0 heterocycles. The first kappa shape index (κ1) is 12.0. The molecule has 1 aromatic carbocycles. The molecule has 0 fully saturated rings. The molecule has 0 amide bonds. The Morgan fingerprint density at radius 1 is 1.60 bits per heavy atom. The monoisotopic (exact) mass is 275 g/mol. The van der Waals surface area contributed by atoms with Gasteiger partial charge in [-0.1, -0.05) is 15.9 Å². The van der Waals surface area contributed by atoms with Gasteiger partial charge in [0, 0.05) is 4.47 Å². The van der Waals surface area contributed by atoms with Crippen molar-refractivity contribution in [1.82, 2.24) is 0 Å². The van der Waals surface area contributed by atoms with Crippen molar-refractivity contribution in [2.45, 2.75) is 13.3 Å². The highest BCUT2D eigenvalue weighted by molar-refractivity contribution is 9.10. The summed E-state index contributed by atoms with van der Waals surface area (Å²) in [6, 6.07) is 2.67. The number of anilines is 1. The molecule has 3 nitrogen and oxygen atoms in total. The molecule has 0 bridgehead atoms. The Kier molecular flexibility index (Phi) is 4.08. The number of halogens is 2. The van der Waals surface area contributed by atoms with Gasteiger partial charge in [-0.05, 0) is 24.6 Å². The summed E-state index contributed by atoms with van der Waals surface area (Å²) in [5.41, 5.74) is 5.94. The third-order valence-electron chi connectivity index (χ3n) is 1.81. The number of nitrogens with two attached hydrogens (primary N) is 1. The molecule has 0 saturated carbocycles. The van der Waals surface area contributed by atoms with Gasteiger partial charge in [-0.3, -0.25) is 4.79 Å². The van der Waals surface area contributed by atoms with Crippen molar-refractivity contribution in [2.24, 2.45) is 0 Å². The molecule has 1 rings (SSSR count). The van der Waals surface area contributed by atoms with Crippen molar-refractivity contribution in [3.8, 4) is 0 Å². The van der Waals surface area contributed by atoms with Crippen LogP contribution in [0.3, 0.4) is 0 Å². The van der Waals surface area contributed by atoms with Crippen LogP contribution in [0.2, 0.25) is 0 Å². The molecule has 15 heavy (non-hydrogen) atoms. The average Bonchev–Trinajstić information content (AvgIpc) is 2.14. The summed E-state index contributed by atoms with van der Waals surface area (Å²) in [5.74, 6) is -0.917. The Hall–Kier alpha value is -1.10. The van der Waals surface area contributed by atoms with Gasteiger partial charge in [0.05, 0.1) is 18.7 Å². The van der Waals surface area contributed by atoms with E-state index in [9.17, 15) is 9.18 Å². The first-order valence-electron chi connectivity index (χ1n) is 4.43. The van der Waals surface area contributed by atoms with E-state index in [0.29, 0.717) is 16.6 Å². The fourth-order valence-electron chi connectivity index (χ4n) is 1.11. The molecule has 0 aliphatic heterocycles. The largest absolute Gasteiger partial charge is 0.466 e. The molecule has 0 aliphatic rings. The van der Waals surface area contributed by atoms with Gasteiger partial charge >= 0.3 is 5.97 Å². The molecule has 0 saturated heterocycles. The van der Waals surface area contributed by atoms with Crippen molar-refractivity contribution >= 4 is 27.6 Å². The minimum Gasteiger partial charge on any atom is -0.466 e. The van der Waals surface area contributed by atoms with Crippen LogP contribution in [0.5, 0.6) is 0 Å². The van der Waals surface area contributed by atoms with Crippen LogP contribution in [-0.4, -0.2) is 12.6 Å². The average molecular weight is 276 g/mol.